The number of aliphatic hydroxyl groups excluding tert-OH is 1. The zero-order chi connectivity index (χ0) is 24.3. The molecule has 5 heterocycles. The van der Waals surface area contributed by atoms with Gasteiger partial charge in [0.05, 0.1) is 28.6 Å². The van der Waals surface area contributed by atoms with E-state index in [9.17, 15) is 10.2 Å². The highest BCUT2D eigenvalue weighted by Gasteiger charge is 2.29. The number of rotatable bonds is 4. The van der Waals surface area contributed by atoms with Gasteiger partial charge in [-0.15, -0.1) is 11.3 Å². The Morgan fingerprint density at radius 1 is 1.14 bits per heavy atom. The third-order valence-corrected chi connectivity index (χ3v) is 8.29. The summed E-state index contributed by atoms with van der Waals surface area (Å²) in [6, 6.07) is 4.20. The average Bonchev–Trinajstić information content (AvgIpc) is 3.56. The standard InChI is InChI=1S/C26H27N5O3S/c1-26(2,33)24-22(17-7-8-28-12-21(17)35-24)20-9-18-19(11-29-25(27)23(18)34-20)14-10-30-31(13-14)15-3-5-16(32)6-4-15/h7-13,15-16,32-33H,3-6H2,1-2H3,(H2,27,29)/t15-,16-. The van der Waals surface area contributed by atoms with Crippen LogP contribution in [0.4, 0.5) is 5.82 Å². The van der Waals surface area contributed by atoms with Crippen molar-refractivity contribution in [2.75, 3.05) is 5.73 Å². The minimum atomic E-state index is -1.06. The molecule has 0 amide bonds. The fourth-order valence-corrected chi connectivity index (χ4v) is 6.20. The predicted molar refractivity (Wildman–Crippen MR) is 137 cm³/mol. The molecule has 0 aliphatic heterocycles. The highest BCUT2D eigenvalue weighted by atomic mass is 32.1. The zero-order valence-electron chi connectivity index (χ0n) is 19.6. The van der Waals surface area contributed by atoms with E-state index in [1.54, 1.807) is 32.4 Å². The number of hydrogen-bond acceptors (Lipinski definition) is 8. The summed E-state index contributed by atoms with van der Waals surface area (Å²) in [7, 11) is 0. The van der Waals surface area contributed by atoms with Crippen LogP contribution in [-0.4, -0.2) is 36.1 Å². The minimum absolute atomic E-state index is 0.204. The molecule has 5 aromatic rings. The van der Waals surface area contributed by atoms with E-state index in [0.717, 1.165) is 62.7 Å². The number of nitrogens with two attached hydrogens (primary N) is 1. The molecular weight excluding hydrogens is 462 g/mol. The zero-order valence-corrected chi connectivity index (χ0v) is 20.4. The van der Waals surface area contributed by atoms with Crippen molar-refractivity contribution in [2.24, 2.45) is 0 Å². The number of nitrogen functional groups attached to an aromatic ring is 1. The molecule has 0 radical (unpaired) electrons. The van der Waals surface area contributed by atoms with Crippen molar-refractivity contribution in [1.29, 1.82) is 0 Å². The topological polar surface area (TPSA) is 123 Å². The predicted octanol–water partition coefficient (Wildman–Crippen LogP) is 5.25. The number of fused-ring (bicyclic) bond motifs is 2. The van der Waals surface area contributed by atoms with E-state index in [2.05, 4.69) is 15.1 Å². The number of thiophene rings is 1. The van der Waals surface area contributed by atoms with Crippen LogP contribution in [0.3, 0.4) is 0 Å². The number of aromatic nitrogens is 4. The van der Waals surface area contributed by atoms with Crippen molar-refractivity contribution in [3.8, 4) is 22.5 Å². The fraction of sp³-hybridized carbons (Fsp3) is 0.346. The lowest BCUT2D eigenvalue weighted by molar-refractivity contribution is 0.0830. The van der Waals surface area contributed by atoms with Gasteiger partial charge >= 0.3 is 0 Å². The Labute approximate surface area is 206 Å². The van der Waals surface area contributed by atoms with Gasteiger partial charge in [0.2, 0.25) is 0 Å². The first-order valence-electron chi connectivity index (χ1n) is 11.8. The average molecular weight is 490 g/mol. The molecule has 1 aliphatic carbocycles. The minimum Gasteiger partial charge on any atom is -0.452 e. The summed E-state index contributed by atoms with van der Waals surface area (Å²) in [5.41, 5.74) is 8.36. The Kier molecular flexibility index (Phi) is 5.17. The van der Waals surface area contributed by atoms with E-state index in [0.29, 0.717) is 17.2 Å². The summed E-state index contributed by atoms with van der Waals surface area (Å²) >= 11 is 1.51. The van der Waals surface area contributed by atoms with Gasteiger partial charge in [-0.1, -0.05) is 0 Å². The van der Waals surface area contributed by atoms with Crippen LogP contribution in [0, 0.1) is 0 Å². The summed E-state index contributed by atoms with van der Waals surface area (Å²) in [5, 5.41) is 27.2. The van der Waals surface area contributed by atoms with Gasteiger partial charge in [0, 0.05) is 57.1 Å². The van der Waals surface area contributed by atoms with Crippen LogP contribution in [0.25, 0.3) is 43.5 Å². The third-order valence-electron chi connectivity index (χ3n) is 6.84. The second-order valence-corrected chi connectivity index (χ2v) is 10.9. The third kappa shape index (κ3) is 3.80. The molecule has 9 heteroatoms. The van der Waals surface area contributed by atoms with Gasteiger partial charge in [0.15, 0.2) is 11.4 Å². The lowest BCUT2D eigenvalue weighted by Crippen LogP contribution is -2.21. The van der Waals surface area contributed by atoms with Crippen LogP contribution in [-0.2, 0) is 5.60 Å². The van der Waals surface area contributed by atoms with E-state index in [1.807, 2.05) is 29.2 Å². The van der Waals surface area contributed by atoms with E-state index in [1.165, 1.54) is 11.3 Å². The maximum absolute atomic E-state index is 10.9. The number of nitrogens with zero attached hydrogens (tertiary/aromatic N) is 4. The molecule has 4 N–H and O–H groups in total. The molecule has 6 rings (SSSR count). The number of hydrogen-bond donors (Lipinski definition) is 3. The molecule has 0 atom stereocenters. The highest BCUT2D eigenvalue weighted by molar-refractivity contribution is 7.19. The van der Waals surface area contributed by atoms with Crippen LogP contribution in [0.5, 0.6) is 0 Å². The van der Waals surface area contributed by atoms with Gasteiger partial charge in [-0.05, 0) is 51.7 Å². The lowest BCUT2D eigenvalue weighted by atomic mass is 9.93. The van der Waals surface area contributed by atoms with Crippen LogP contribution in [0.2, 0.25) is 0 Å². The van der Waals surface area contributed by atoms with E-state index in [-0.39, 0.29) is 12.1 Å². The second-order valence-electron chi connectivity index (χ2n) is 9.82. The quantitative estimate of drug-likeness (QED) is 0.315. The number of furan rings is 1. The van der Waals surface area contributed by atoms with Crippen LogP contribution in [0.1, 0.15) is 50.4 Å². The van der Waals surface area contributed by atoms with Crippen molar-refractivity contribution in [1.82, 2.24) is 19.7 Å². The summed E-state index contributed by atoms with van der Waals surface area (Å²) in [6.45, 7) is 3.55. The summed E-state index contributed by atoms with van der Waals surface area (Å²) in [4.78, 5) is 9.45. The van der Waals surface area contributed by atoms with Crippen molar-refractivity contribution in [2.45, 2.75) is 57.3 Å². The fourth-order valence-electron chi connectivity index (χ4n) is 5.02. The Bertz CT molecular complexity index is 1540. The van der Waals surface area contributed by atoms with E-state index in [4.69, 9.17) is 10.2 Å². The molecule has 1 fully saturated rings. The lowest BCUT2D eigenvalue weighted by Gasteiger charge is -2.25. The van der Waals surface area contributed by atoms with Gasteiger partial charge in [0.25, 0.3) is 0 Å². The van der Waals surface area contributed by atoms with E-state index >= 15 is 0 Å². The molecule has 5 aromatic heterocycles. The van der Waals surface area contributed by atoms with Crippen LogP contribution < -0.4 is 5.73 Å². The second kappa shape index (κ2) is 8.15. The van der Waals surface area contributed by atoms with Gasteiger partial charge < -0.3 is 20.4 Å². The first kappa shape index (κ1) is 22.2. The van der Waals surface area contributed by atoms with Crippen molar-refractivity contribution >= 4 is 38.2 Å². The molecule has 1 saturated carbocycles. The first-order valence-corrected chi connectivity index (χ1v) is 12.6. The van der Waals surface area contributed by atoms with Crippen LogP contribution in [0.15, 0.2) is 47.5 Å². The summed E-state index contributed by atoms with van der Waals surface area (Å²) in [5.74, 6) is 0.943. The maximum atomic E-state index is 10.9. The maximum Gasteiger partial charge on any atom is 0.177 e. The highest BCUT2D eigenvalue weighted by Crippen LogP contribution is 2.46. The van der Waals surface area contributed by atoms with Gasteiger partial charge in [-0.3, -0.25) is 9.67 Å². The molecule has 0 unspecified atom stereocenters. The monoisotopic (exact) mass is 489 g/mol. The molecule has 0 bridgehead atoms. The Hall–Kier alpha value is -3.27. The molecule has 1 aliphatic rings. The van der Waals surface area contributed by atoms with Gasteiger partial charge in [-0.25, -0.2) is 4.98 Å². The first-order chi connectivity index (χ1) is 16.8. The Balaban J connectivity index is 1.48. The molecular formula is C26H27N5O3S. The van der Waals surface area contributed by atoms with Crippen LogP contribution >= 0.6 is 11.3 Å². The van der Waals surface area contributed by atoms with Gasteiger partial charge in [0.1, 0.15) is 5.76 Å². The molecule has 180 valence electrons. The normalized spacial score (nSPS) is 19.1. The molecule has 35 heavy (non-hydrogen) atoms. The molecule has 8 nitrogen and oxygen atoms in total. The van der Waals surface area contributed by atoms with Crippen molar-refractivity contribution in [3.63, 3.8) is 0 Å². The molecule has 0 aromatic carbocycles. The molecule has 0 saturated heterocycles. The van der Waals surface area contributed by atoms with Crippen molar-refractivity contribution < 1.29 is 14.6 Å². The summed E-state index contributed by atoms with van der Waals surface area (Å²) < 4.78 is 9.29. The number of pyridine rings is 2. The molecule has 0 spiro atoms. The number of anilines is 1. The SMILES string of the molecule is CC(C)(O)c1sc2cnccc2c1-c1cc2c(-c3cnn([C@H]4CC[C@H](O)CC4)c3)cnc(N)c2o1. The Morgan fingerprint density at radius 2 is 1.94 bits per heavy atom. The smallest absolute Gasteiger partial charge is 0.177 e. The largest absolute Gasteiger partial charge is 0.452 e. The number of aliphatic hydroxyl groups is 2. The Morgan fingerprint density at radius 3 is 2.71 bits per heavy atom. The van der Waals surface area contributed by atoms with Gasteiger partial charge in [-0.2, -0.15) is 5.10 Å². The van der Waals surface area contributed by atoms with Crippen molar-refractivity contribution in [3.05, 3.63) is 48.0 Å². The summed E-state index contributed by atoms with van der Waals surface area (Å²) in [6.07, 6.45) is 12.4. The van der Waals surface area contributed by atoms with E-state index < -0.39 is 5.60 Å².